The minimum atomic E-state index is -3.67. The fourth-order valence-electron chi connectivity index (χ4n) is 1.25. The fraction of sp³-hybridized carbons (Fsp3) is 0.250. The standard InChI is InChI=1S/C11H12N4O.CH4O3S/c1-16-10-4-2-9(3-5-10)6-13-11-14-7-12-8-15-11;1-5(2,3)4/h2-5,7-8H,6H2,1H3,(H,12,13,14,15);1H3,(H,2,3,4). The lowest BCUT2D eigenvalue weighted by molar-refractivity contribution is 0.414. The van der Waals surface area contributed by atoms with Gasteiger partial charge < -0.3 is 10.1 Å². The van der Waals surface area contributed by atoms with E-state index in [1.54, 1.807) is 7.11 Å². The highest BCUT2D eigenvalue weighted by Crippen LogP contribution is 2.11. The summed E-state index contributed by atoms with van der Waals surface area (Å²) in [5.41, 5.74) is 1.14. The first kappa shape index (κ1) is 16.8. The van der Waals surface area contributed by atoms with E-state index < -0.39 is 10.1 Å². The molecule has 1 aromatic carbocycles. The number of aromatic nitrogens is 3. The molecule has 9 heteroatoms. The maximum atomic E-state index is 9.19. The molecule has 0 saturated heterocycles. The molecule has 0 spiro atoms. The Bertz CT molecular complexity index is 624. The van der Waals surface area contributed by atoms with Gasteiger partial charge in [-0.3, -0.25) is 4.55 Å². The zero-order chi connectivity index (χ0) is 15.7. The van der Waals surface area contributed by atoms with Crippen LogP contribution in [0.1, 0.15) is 5.56 Å². The molecule has 2 N–H and O–H groups in total. The van der Waals surface area contributed by atoms with Crippen molar-refractivity contribution in [2.24, 2.45) is 0 Å². The first-order valence-corrected chi connectivity index (χ1v) is 7.64. The van der Waals surface area contributed by atoms with E-state index in [-0.39, 0.29) is 0 Å². The fourth-order valence-corrected chi connectivity index (χ4v) is 1.25. The zero-order valence-electron chi connectivity index (χ0n) is 11.6. The van der Waals surface area contributed by atoms with Crippen LogP contribution < -0.4 is 10.1 Å². The molecule has 0 aliphatic rings. The Morgan fingerprint density at radius 3 is 2.19 bits per heavy atom. The van der Waals surface area contributed by atoms with E-state index in [0.29, 0.717) is 18.7 Å². The Balaban J connectivity index is 0.000000383. The lowest BCUT2D eigenvalue weighted by atomic mass is 10.2. The van der Waals surface area contributed by atoms with Crippen LogP contribution in [0.3, 0.4) is 0 Å². The van der Waals surface area contributed by atoms with Gasteiger partial charge in [0.05, 0.1) is 13.4 Å². The predicted octanol–water partition coefficient (Wildman–Crippen LogP) is 0.996. The molecule has 1 aromatic heterocycles. The van der Waals surface area contributed by atoms with E-state index in [2.05, 4.69) is 20.3 Å². The highest BCUT2D eigenvalue weighted by molar-refractivity contribution is 7.85. The largest absolute Gasteiger partial charge is 0.497 e. The first-order valence-electron chi connectivity index (χ1n) is 5.80. The molecule has 0 aliphatic heterocycles. The van der Waals surface area contributed by atoms with Crippen molar-refractivity contribution in [3.05, 3.63) is 42.5 Å². The van der Waals surface area contributed by atoms with Crippen molar-refractivity contribution >= 4 is 16.1 Å². The molecule has 0 bridgehead atoms. The number of rotatable bonds is 4. The SMILES string of the molecule is COc1ccc(CNc2ncncn2)cc1.CS(=O)(=O)O. The van der Waals surface area contributed by atoms with Crippen molar-refractivity contribution < 1.29 is 17.7 Å². The first-order chi connectivity index (χ1) is 9.88. The van der Waals surface area contributed by atoms with E-state index in [1.807, 2.05) is 24.3 Å². The second-order valence-electron chi connectivity index (χ2n) is 3.90. The van der Waals surface area contributed by atoms with Crippen LogP contribution in [-0.2, 0) is 16.7 Å². The van der Waals surface area contributed by atoms with Crippen molar-refractivity contribution in [2.45, 2.75) is 6.54 Å². The quantitative estimate of drug-likeness (QED) is 0.803. The second-order valence-corrected chi connectivity index (χ2v) is 5.36. The van der Waals surface area contributed by atoms with E-state index in [1.165, 1.54) is 12.7 Å². The molecule has 8 nitrogen and oxygen atoms in total. The molecule has 0 fully saturated rings. The van der Waals surface area contributed by atoms with Crippen LogP contribution in [0.4, 0.5) is 5.95 Å². The Morgan fingerprint density at radius 1 is 1.19 bits per heavy atom. The molecule has 0 amide bonds. The summed E-state index contributed by atoms with van der Waals surface area (Å²) in [5, 5.41) is 3.10. The predicted molar refractivity (Wildman–Crippen MR) is 77.6 cm³/mol. The van der Waals surface area contributed by atoms with Gasteiger partial charge in [0.25, 0.3) is 10.1 Å². The summed E-state index contributed by atoms with van der Waals surface area (Å²) in [6.07, 6.45) is 3.64. The topological polar surface area (TPSA) is 114 Å². The Labute approximate surface area is 123 Å². The van der Waals surface area contributed by atoms with E-state index in [4.69, 9.17) is 9.29 Å². The molecular weight excluding hydrogens is 296 g/mol. The van der Waals surface area contributed by atoms with Crippen molar-refractivity contribution in [3.8, 4) is 5.75 Å². The number of nitrogens with zero attached hydrogens (tertiary/aromatic N) is 3. The summed E-state index contributed by atoms with van der Waals surface area (Å²) in [4.78, 5) is 11.7. The van der Waals surface area contributed by atoms with Crippen LogP contribution in [0.25, 0.3) is 0 Å². The third kappa shape index (κ3) is 8.50. The number of hydrogen-bond donors (Lipinski definition) is 2. The number of hydrogen-bond acceptors (Lipinski definition) is 7. The molecular formula is C12H16N4O4S. The van der Waals surface area contributed by atoms with Gasteiger partial charge in [0.2, 0.25) is 5.95 Å². The number of anilines is 1. The molecule has 0 saturated carbocycles. The van der Waals surface area contributed by atoms with Gasteiger partial charge in [-0.25, -0.2) is 15.0 Å². The number of benzene rings is 1. The smallest absolute Gasteiger partial charge is 0.261 e. The lowest BCUT2D eigenvalue weighted by Gasteiger charge is -2.05. The highest BCUT2D eigenvalue weighted by Gasteiger charge is 1.96. The molecule has 2 aromatic rings. The van der Waals surface area contributed by atoms with Crippen molar-refractivity contribution in [3.63, 3.8) is 0 Å². The lowest BCUT2D eigenvalue weighted by Crippen LogP contribution is -2.03. The van der Waals surface area contributed by atoms with Gasteiger partial charge in [0, 0.05) is 6.54 Å². The third-order valence-electron chi connectivity index (χ3n) is 2.10. The molecule has 0 aliphatic carbocycles. The van der Waals surface area contributed by atoms with E-state index in [9.17, 15) is 8.42 Å². The van der Waals surface area contributed by atoms with Crippen LogP contribution >= 0.6 is 0 Å². The Morgan fingerprint density at radius 2 is 1.71 bits per heavy atom. The summed E-state index contributed by atoms with van der Waals surface area (Å²) < 4.78 is 30.9. The molecule has 2 rings (SSSR count). The molecule has 1 heterocycles. The summed E-state index contributed by atoms with van der Waals surface area (Å²) in [6, 6.07) is 7.83. The van der Waals surface area contributed by atoms with Crippen LogP contribution in [-0.4, -0.2) is 41.3 Å². The number of methoxy groups -OCH3 is 1. The molecule has 21 heavy (non-hydrogen) atoms. The molecule has 0 unspecified atom stereocenters. The van der Waals surface area contributed by atoms with Gasteiger partial charge in [0.1, 0.15) is 18.4 Å². The average molecular weight is 312 g/mol. The van der Waals surface area contributed by atoms with Gasteiger partial charge in [0.15, 0.2) is 0 Å². The second kappa shape index (κ2) is 8.12. The number of nitrogens with one attached hydrogen (secondary N) is 1. The maximum absolute atomic E-state index is 9.19. The normalized spacial score (nSPS) is 10.2. The average Bonchev–Trinajstić information content (AvgIpc) is 2.45. The van der Waals surface area contributed by atoms with Crippen LogP contribution in [0.2, 0.25) is 0 Å². The summed E-state index contributed by atoms with van der Waals surface area (Å²) in [6.45, 7) is 0.675. The molecule has 0 atom stereocenters. The van der Waals surface area contributed by atoms with Gasteiger partial charge >= 0.3 is 0 Å². The van der Waals surface area contributed by atoms with Gasteiger partial charge in [-0.15, -0.1) is 0 Å². The Kier molecular flexibility index (Phi) is 6.50. The van der Waals surface area contributed by atoms with E-state index in [0.717, 1.165) is 11.3 Å². The minimum Gasteiger partial charge on any atom is -0.497 e. The van der Waals surface area contributed by atoms with Crippen molar-refractivity contribution in [2.75, 3.05) is 18.7 Å². The van der Waals surface area contributed by atoms with Crippen molar-refractivity contribution in [1.29, 1.82) is 0 Å². The monoisotopic (exact) mass is 312 g/mol. The summed E-state index contributed by atoms with van der Waals surface area (Å²) in [5.74, 6) is 1.43. The Hall–Kier alpha value is -2.26. The van der Waals surface area contributed by atoms with E-state index >= 15 is 0 Å². The van der Waals surface area contributed by atoms with Gasteiger partial charge in [-0.1, -0.05) is 12.1 Å². The summed E-state index contributed by atoms with van der Waals surface area (Å²) in [7, 11) is -2.02. The highest BCUT2D eigenvalue weighted by atomic mass is 32.2. The van der Waals surface area contributed by atoms with Crippen LogP contribution in [0.15, 0.2) is 36.9 Å². The van der Waals surface area contributed by atoms with Crippen molar-refractivity contribution in [1.82, 2.24) is 15.0 Å². The zero-order valence-corrected chi connectivity index (χ0v) is 12.4. The molecule has 0 radical (unpaired) electrons. The number of ether oxygens (including phenoxy) is 1. The summed E-state index contributed by atoms with van der Waals surface area (Å²) >= 11 is 0. The van der Waals surface area contributed by atoms with Crippen LogP contribution in [0, 0.1) is 0 Å². The third-order valence-corrected chi connectivity index (χ3v) is 2.10. The van der Waals surface area contributed by atoms with Crippen LogP contribution in [0.5, 0.6) is 5.75 Å². The van der Waals surface area contributed by atoms with Gasteiger partial charge in [-0.05, 0) is 17.7 Å². The van der Waals surface area contributed by atoms with Gasteiger partial charge in [-0.2, -0.15) is 8.42 Å². The molecule has 114 valence electrons. The minimum absolute atomic E-state index is 0.575. The maximum Gasteiger partial charge on any atom is 0.261 e.